The summed E-state index contributed by atoms with van der Waals surface area (Å²) < 4.78 is 19.7. The van der Waals surface area contributed by atoms with Crippen LogP contribution in [-0.4, -0.2) is 23.4 Å². The summed E-state index contributed by atoms with van der Waals surface area (Å²) in [5.41, 5.74) is 0.392. The number of ketones is 1. The number of hydrogen-bond donors (Lipinski definition) is 0. The van der Waals surface area contributed by atoms with Crippen molar-refractivity contribution in [1.29, 1.82) is 0 Å². The second-order valence-electron chi connectivity index (χ2n) is 8.28. The third kappa shape index (κ3) is 3.84. The predicted octanol–water partition coefficient (Wildman–Crippen LogP) is 5.19. The first-order valence-corrected chi connectivity index (χ1v) is 11.0. The number of benzene rings is 2. The molecular formula is C23H18FNO6S. The molecule has 0 atom stereocenters. The van der Waals surface area contributed by atoms with Crippen LogP contribution in [-0.2, 0) is 9.63 Å². The largest absolute Gasteiger partial charge is 0.426 e. The smallest absolute Gasteiger partial charge is 0.319 e. The molecule has 0 bridgehead atoms. The molecule has 2 saturated carbocycles. The van der Waals surface area contributed by atoms with Gasteiger partial charge in [-0.3, -0.25) is 9.59 Å². The van der Waals surface area contributed by atoms with Crippen molar-refractivity contribution in [2.24, 2.45) is 11.3 Å². The van der Waals surface area contributed by atoms with Gasteiger partial charge in [0.05, 0.1) is 5.41 Å². The number of carbonyl (C=O) groups excluding carboxylic acids is 2. The lowest BCUT2D eigenvalue weighted by Gasteiger charge is -2.12. The lowest BCUT2D eigenvalue weighted by Crippen LogP contribution is -2.27. The Morgan fingerprint density at radius 3 is 2.50 bits per heavy atom. The van der Waals surface area contributed by atoms with E-state index < -0.39 is 16.5 Å². The van der Waals surface area contributed by atoms with E-state index in [1.807, 2.05) is 0 Å². The van der Waals surface area contributed by atoms with Crippen molar-refractivity contribution in [1.82, 2.24) is 0 Å². The topological polar surface area (TPSA) is 95.7 Å². The number of nitrogens with zero attached hydrogens (tertiary/aromatic N) is 1. The summed E-state index contributed by atoms with van der Waals surface area (Å²) in [5, 5.41) is 10.3. The van der Waals surface area contributed by atoms with E-state index in [9.17, 15) is 24.1 Å². The average Bonchev–Trinajstić information content (AvgIpc) is 3.69. The van der Waals surface area contributed by atoms with Gasteiger partial charge in [0.25, 0.3) is 5.09 Å². The highest BCUT2D eigenvalue weighted by atomic mass is 32.1. The number of esters is 1. The molecule has 9 heteroatoms. The second-order valence-corrected chi connectivity index (χ2v) is 9.33. The third-order valence-electron chi connectivity index (χ3n) is 5.91. The molecule has 7 nitrogen and oxygen atoms in total. The van der Waals surface area contributed by atoms with Crippen LogP contribution in [0.25, 0.3) is 20.5 Å². The van der Waals surface area contributed by atoms with Crippen molar-refractivity contribution in [3.8, 4) is 16.2 Å². The molecule has 2 fully saturated rings. The Balaban J connectivity index is 1.47. The molecule has 1 heterocycles. The lowest BCUT2D eigenvalue weighted by molar-refractivity contribution is -0.759. The van der Waals surface area contributed by atoms with Crippen molar-refractivity contribution < 1.29 is 28.6 Å². The minimum absolute atomic E-state index is 0.0147. The molecule has 0 unspecified atom stereocenters. The molecule has 2 aromatic carbocycles. The number of rotatable bonds is 8. The number of carbonyl (C=O) groups is 2. The van der Waals surface area contributed by atoms with Crippen LogP contribution < -0.4 is 4.74 Å². The Kier molecular flexibility index (Phi) is 4.93. The van der Waals surface area contributed by atoms with Crippen LogP contribution in [0.1, 0.15) is 36.0 Å². The average molecular weight is 455 g/mol. The van der Waals surface area contributed by atoms with Crippen molar-refractivity contribution in [2.45, 2.75) is 25.7 Å². The molecule has 2 aliphatic rings. The normalized spacial score (nSPS) is 16.5. The van der Waals surface area contributed by atoms with Crippen LogP contribution in [0.3, 0.4) is 0 Å². The highest BCUT2D eigenvalue weighted by molar-refractivity contribution is 7.22. The molecule has 1 aromatic heterocycles. The van der Waals surface area contributed by atoms with E-state index in [1.165, 1.54) is 23.5 Å². The molecule has 0 saturated heterocycles. The molecule has 2 aliphatic carbocycles. The number of thiophene rings is 1. The highest BCUT2D eigenvalue weighted by Crippen LogP contribution is 2.48. The molecule has 5 rings (SSSR count). The monoisotopic (exact) mass is 455 g/mol. The zero-order valence-electron chi connectivity index (χ0n) is 16.8. The zero-order valence-corrected chi connectivity index (χ0v) is 17.7. The van der Waals surface area contributed by atoms with Crippen LogP contribution in [0.4, 0.5) is 4.39 Å². The second kappa shape index (κ2) is 7.67. The van der Waals surface area contributed by atoms with Gasteiger partial charge in [0, 0.05) is 26.4 Å². The van der Waals surface area contributed by atoms with Gasteiger partial charge in [-0.15, -0.1) is 21.5 Å². The van der Waals surface area contributed by atoms with Gasteiger partial charge in [0.15, 0.2) is 5.78 Å². The fraction of sp³-hybridized carbons (Fsp3) is 0.304. The Hall–Kier alpha value is -3.33. The molecule has 0 spiro atoms. The van der Waals surface area contributed by atoms with E-state index in [0.29, 0.717) is 24.2 Å². The summed E-state index contributed by atoms with van der Waals surface area (Å²) in [7, 11) is 0. The van der Waals surface area contributed by atoms with Gasteiger partial charge >= 0.3 is 5.97 Å². The number of hydrogen-bond acceptors (Lipinski definition) is 7. The van der Waals surface area contributed by atoms with E-state index >= 15 is 0 Å². The predicted molar refractivity (Wildman–Crippen MR) is 115 cm³/mol. The summed E-state index contributed by atoms with van der Waals surface area (Å²) in [4.78, 5) is 41.2. The van der Waals surface area contributed by atoms with Gasteiger partial charge in [-0.2, -0.15) is 0 Å². The van der Waals surface area contributed by atoms with Crippen molar-refractivity contribution in [3.63, 3.8) is 0 Å². The summed E-state index contributed by atoms with van der Waals surface area (Å²) >= 11 is 1.39. The van der Waals surface area contributed by atoms with Gasteiger partial charge in [-0.1, -0.05) is 12.1 Å². The van der Waals surface area contributed by atoms with Gasteiger partial charge < -0.3 is 9.57 Å². The number of fused-ring (bicyclic) bond motifs is 1. The molecule has 32 heavy (non-hydrogen) atoms. The molecule has 3 aromatic rings. The van der Waals surface area contributed by atoms with Crippen LogP contribution in [0.5, 0.6) is 5.75 Å². The van der Waals surface area contributed by atoms with Crippen LogP contribution in [0, 0.1) is 27.3 Å². The number of ether oxygens (including phenoxy) is 1. The van der Waals surface area contributed by atoms with E-state index in [1.54, 1.807) is 30.3 Å². The molecule has 164 valence electrons. The third-order valence-corrected chi connectivity index (χ3v) is 7.11. The van der Waals surface area contributed by atoms with E-state index in [-0.39, 0.29) is 24.1 Å². The van der Waals surface area contributed by atoms with Gasteiger partial charge in [0.1, 0.15) is 18.2 Å². The van der Waals surface area contributed by atoms with E-state index in [0.717, 1.165) is 33.4 Å². The molecule has 0 aliphatic heterocycles. The Morgan fingerprint density at radius 2 is 1.88 bits per heavy atom. The maximum atomic E-state index is 13.4. The molecule has 0 N–H and O–H groups in total. The Morgan fingerprint density at radius 1 is 1.16 bits per heavy atom. The quantitative estimate of drug-likeness (QED) is 0.152. The fourth-order valence-electron chi connectivity index (χ4n) is 3.69. The first-order valence-electron chi connectivity index (χ1n) is 10.2. The highest BCUT2D eigenvalue weighted by Gasteiger charge is 2.52. The van der Waals surface area contributed by atoms with Crippen LogP contribution >= 0.6 is 11.3 Å². The number of halogens is 1. The maximum absolute atomic E-state index is 13.4. The lowest BCUT2D eigenvalue weighted by atomic mass is 9.99. The van der Waals surface area contributed by atoms with Crippen molar-refractivity contribution in [2.75, 3.05) is 6.61 Å². The van der Waals surface area contributed by atoms with Gasteiger partial charge in [-0.25, -0.2) is 4.39 Å². The summed E-state index contributed by atoms with van der Waals surface area (Å²) in [6.45, 7) is -0.325. The Labute approximate surface area is 185 Å². The first-order chi connectivity index (χ1) is 15.4. The summed E-state index contributed by atoms with van der Waals surface area (Å²) in [6, 6.07) is 11.1. The minimum Gasteiger partial charge on any atom is -0.426 e. The standard InChI is InChI=1S/C23H18FNO6S/c24-15-5-3-14(4-6-15)21-19(20(26)13-1-2-13)17-8-7-16(11-18(17)32-21)31-22(27)23(9-10-23)12-30-25(28)29/h3-8,11,13H,1-2,9-10,12H2. The van der Waals surface area contributed by atoms with Crippen LogP contribution in [0.2, 0.25) is 0 Å². The summed E-state index contributed by atoms with van der Waals surface area (Å²) in [5.74, 6) is -0.528. The van der Waals surface area contributed by atoms with Crippen molar-refractivity contribution in [3.05, 3.63) is 64.0 Å². The minimum atomic E-state index is -0.982. The molecular weight excluding hydrogens is 437 g/mol. The summed E-state index contributed by atoms with van der Waals surface area (Å²) in [6.07, 6.45) is 2.66. The maximum Gasteiger partial charge on any atom is 0.319 e. The molecule has 0 radical (unpaired) electrons. The fourth-order valence-corrected chi connectivity index (χ4v) is 4.93. The van der Waals surface area contributed by atoms with Gasteiger partial charge in [-0.05, 0) is 61.6 Å². The van der Waals surface area contributed by atoms with Crippen molar-refractivity contribution >= 4 is 33.2 Å². The molecule has 0 amide bonds. The Bertz CT molecular complexity index is 1240. The van der Waals surface area contributed by atoms with E-state index in [4.69, 9.17) is 4.74 Å². The van der Waals surface area contributed by atoms with Crippen LogP contribution in [0.15, 0.2) is 42.5 Å². The van der Waals surface area contributed by atoms with E-state index in [2.05, 4.69) is 4.84 Å². The first kappa shape index (κ1) is 20.6. The zero-order chi connectivity index (χ0) is 22.5. The van der Waals surface area contributed by atoms with Gasteiger partial charge in [0.2, 0.25) is 0 Å². The number of Topliss-reactive ketones (excluding diaryl/α,β-unsaturated/α-hetero) is 1. The SMILES string of the molecule is O=C(c1c(-c2ccc(F)cc2)sc2cc(OC(=O)C3(CO[N+](=O)[O-])CC3)ccc12)C1CC1.